The Morgan fingerprint density at radius 3 is 2.25 bits per heavy atom. The first-order chi connectivity index (χ1) is 11.5. The van der Waals surface area contributed by atoms with Gasteiger partial charge in [0.05, 0.1) is 39.6 Å². The number of hydrogen-bond donors (Lipinski definition) is 2. The van der Waals surface area contributed by atoms with Gasteiger partial charge in [0.2, 0.25) is 0 Å². The summed E-state index contributed by atoms with van der Waals surface area (Å²) in [5.41, 5.74) is 5.66. The molecule has 1 unspecified atom stereocenters. The van der Waals surface area contributed by atoms with Gasteiger partial charge in [-0.15, -0.1) is 0 Å². The zero-order chi connectivity index (χ0) is 17.8. The fourth-order valence-corrected chi connectivity index (χ4v) is 3.36. The number of nitrogens with two attached hydrogens (primary N) is 1. The lowest BCUT2D eigenvalue weighted by molar-refractivity contribution is 0.0128. The third-order valence-electron chi connectivity index (χ3n) is 3.28. The molecule has 1 saturated heterocycles. The van der Waals surface area contributed by atoms with Crippen molar-refractivity contribution >= 4 is 13.8 Å². The van der Waals surface area contributed by atoms with Gasteiger partial charge in [0, 0.05) is 26.2 Å². The molecule has 1 amide bonds. The lowest BCUT2D eigenvalue weighted by atomic mass is 10.4. The summed E-state index contributed by atoms with van der Waals surface area (Å²) in [5, 5.41) is 8.52. The highest BCUT2D eigenvalue weighted by atomic mass is 31.2. The van der Waals surface area contributed by atoms with Crippen molar-refractivity contribution in [2.24, 2.45) is 5.50 Å². The number of aliphatic hydroxyl groups is 1. The first-order valence-corrected chi connectivity index (χ1v) is 9.62. The molecule has 142 valence electrons. The topological polar surface area (TPSA) is 124 Å². The van der Waals surface area contributed by atoms with Crippen LogP contribution in [-0.4, -0.2) is 93.2 Å². The van der Waals surface area contributed by atoms with E-state index >= 15 is 0 Å². The van der Waals surface area contributed by atoms with E-state index in [2.05, 4.69) is 0 Å². The quantitative estimate of drug-likeness (QED) is 0.378. The minimum atomic E-state index is -3.26. The molecule has 1 fully saturated rings. The summed E-state index contributed by atoms with van der Waals surface area (Å²) >= 11 is 0. The van der Waals surface area contributed by atoms with E-state index in [1.807, 2.05) is 0 Å². The summed E-state index contributed by atoms with van der Waals surface area (Å²) < 4.78 is 34.1. The van der Waals surface area contributed by atoms with Gasteiger partial charge in [0.25, 0.3) is 0 Å². The van der Waals surface area contributed by atoms with E-state index in [1.165, 1.54) is 4.90 Å². The summed E-state index contributed by atoms with van der Waals surface area (Å²) in [6.07, 6.45) is -0.432. The molecule has 1 atom stereocenters. The molecule has 0 bridgehead atoms. The minimum absolute atomic E-state index is 0.0188. The minimum Gasteiger partial charge on any atom is -0.447 e. The second kappa shape index (κ2) is 11.8. The summed E-state index contributed by atoms with van der Waals surface area (Å²) in [7, 11) is -3.26. The molecule has 0 spiro atoms. The molecule has 10 nitrogen and oxygen atoms in total. The number of piperazine rings is 1. The third kappa shape index (κ3) is 7.89. The van der Waals surface area contributed by atoms with Crippen LogP contribution in [0.2, 0.25) is 0 Å². The molecule has 0 aliphatic carbocycles. The largest absolute Gasteiger partial charge is 0.447 e. The molecular weight excluding hydrogens is 341 g/mol. The average molecular weight is 369 g/mol. The lowest BCUT2D eigenvalue weighted by Crippen LogP contribution is -2.48. The third-order valence-corrected chi connectivity index (χ3v) is 5.10. The summed E-state index contributed by atoms with van der Waals surface area (Å²) in [5.74, 6) is 0. The van der Waals surface area contributed by atoms with E-state index in [0.717, 1.165) is 0 Å². The van der Waals surface area contributed by atoms with Crippen LogP contribution in [0.4, 0.5) is 4.79 Å². The van der Waals surface area contributed by atoms with Crippen LogP contribution in [0.25, 0.3) is 0 Å². The highest BCUT2D eigenvalue weighted by Crippen LogP contribution is 2.42. The lowest BCUT2D eigenvalue weighted by Gasteiger charge is -2.35. The number of carbonyl (C=O) groups is 1. The number of ether oxygens (including phenoxy) is 3. The van der Waals surface area contributed by atoms with E-state index in [1.54, 1.807) is 11.6 Å². The predicted octanol–water partition coefficient (Wildman–Crippen LogP) is -0.131. The average Bonchev–Trinajstić information content (AvgIpc) is 2.57. The van der Waals surface area contributed by atoms with Crippen molar-refractivity contribution in [1.82, 2.24) is 9.57 Å². The van der Waals surface area contributed by atoms with Crippen molar-refractivity contribution in [3.05, 3.63) is 0 Å². The number of hydrogen-bond acceptors (Lipinski definition) is 7. The highest BCUT2D eigenvalue weighted by Gasteiger charge is 2.32. The number of carbonyl (C=O) groups excluding carboxylic acids is 1. The van der Waals surface area contributed by atoms with Crippen molar-refractivity contribution in [1.29, 1.82) is 0 Å². The molecule has 0 aromatic carbocycles. The van der Waals surface area contributed by atoms with Crippen LogP contribution in [0.5, 0.6) is 0 Å². The van der Waals surface area contributed by atoms with Gasteiger partial charge in [0.1, 0.15) is 6.61 Å². The molecule has 1 aliphatic heterocycles. The van der Waals surface area contributed by atoms with Gasteiger partial charge >= 0.3 is 13.8 Å². The van der Waals surface area contributed by atoms with Crippen molar-refractivity contribution in [3.63, 3.8) is 0 Å². The van der Waals surface area contributed by atoms with Crippen LogP contribution in [0.3, 0.4) is 0 Å². The van der Waals surface area contributed by atoms with Gasteiger partial charge in [0.15, 0.2) is 0 Å². The molecule has 1 heterocycles. The second-order valence-electron chi connectivity index (χ2n) is 4.99. The van der Waals surface area contributed by atoms with Crippen LogP contribution in [0, 0.1) is 0 Å². The fourth-order valence-electron chi connectivity index (χ4n) is 2.09. The maximum Gasteiger partial charge on any atom is 0.409 e. The van der Waals surface area contributed by atoms with Crippen LogP contribution < -0.4 is 5.50 Å². The molecule has 24 heavy (non-hydrogen) atoms. The van der Waals surface area contributed by atoms with E-state index in [-0.39, 0.29) is 33.0 Å². The Bertz CT molecular complexity index is 405. The fraction of sp³-hybridized carbons (Fsp3) is 0.923. The molecule has 0 aromatic rings. The van der Waals surface area contributed by atoms with Crippen LogP contribution in [0.15, 0.2) is 0 Å². The molecule has 0 radical (unpaired) electrons. The molecule has 1 rings (SSSR count). The number of nitrogens with zero attached hydrogens (tertiary/aromatic N) is 2. The van der Waals surface area contributed by atoms with Crippen molar-refractivity contribution in [2.75, 3.05) is 72.4 Å². The van der Waals surface area contributed by atoms with Crippen molar-refractivity contribution in [3.8, 4) is 0 Å². The normalized spacial score (nSPS) is 18.4. The zero-order valence-corrected chi connectivity index (χ0v) is 15.0. The molecule has 3 N–H and O–H groups in total. The Morgan fingerprint density at radius 1 is 1.08 bits per heavy atom. The Labute approximate surface area is 142 Å². The van der Waals surface area contributed by atoms with Crippen molar-refractivity contribution in [2.45, 2.75) is 6.92 Å². The maximum atomic E-state index is 12.1. The van der Waals surface area contributed by atoms with E-state index in [9.17, 15) is 9.36 Å². The first kappa shape index (κ1) is 21.3. The molecular formula is C13H28N3O7P. The van der Waals surface area contributed by atoms with E-state index in [4.69, 9.17) is 29.3 Å². The zero-order valence-electron chi connectivity index (χ0n) is 14.1. The maximum absolute atomic E-state index is 12.1. The SMILES string of the molecule is CCOP(N)(=O)N1CCN(C(=O)OCCOCCOCCO)CC1. The van der Waals surface area contributed by atoms with Crippen molar-refractivity contribution < 1.29 is 33.2 Å². The van der Waals surface area contributed by atoms with Gasteiger partial charge in [-0.3, -0.25) is 4.57 Å². The Morgan fingerprint density at radius 2 is 1.67 bits per heavy atom. The van der Waals surface area contributed by atoms with Gasteiger partial charge in [-0.1, -0.05) is 0 Å². The predicted molar refractivity (Wildman–Crippen MR) is 86.6 cm³/mol. The van der Waals surface area contributed by atoms with Gasteiger partial charge < -0.3 is 28.7 Å². The van der Waals surface area contributed by atoms with Gasteiger partial charge in [-0.25, -0.2) is 15.0 Å². The highest BCUT2D eigenvalue weighted by molar-refractivity contribution is 7.53. The first-order valence-electron chi connectivity index (χ1n) is 7.98. The van der Waals surface area contributed by atoms with Crippen LogP contribution >= 0.6 is 7.67 Å². The number of aliphatic hydroxyl groups excluding tert-OH is 1. The Balaban J connectivity index is 2.12. The van der Waals surface area contributed by atoms with E-state index < -0.39 is 13.8 Å². The van der Waals surface area contributed by atoms with E-state index in [0.29, 0.717) is 39.4 Å². The molecule has 11 heteroatoms. The number of rotatable bonds is 11. The van der Waals surface area contributed by atoms with Crippen LogP contribution in [-0.2, 0) is 23.3 Å². The monoisotopic (exact) mass is 369 g/mol. The molecule has 0 saturated carbocycles. The summed E-state index contributed by atoms with van der Waals surface area (Å²) in [4.78, 5) is 13.4. The summed E-state index contributed by atoms with van der Waals surface area (Å²) in [6, 6.07) is 0. The van der Waals surface area contributed by atoms with Gasteiger partial charge in [-0.05, 0) is 6.92 Å². The smallest absolute Gasteiger partial charge is 0.409 e. The summed E-state index contributed by atoms with van der Waals surface area (Å²) in [6.45, 7) is 4.96. The second-order valence-corrected chi connectivity index (χ2v) is 6.94. The van der Waals surface area contributed by atoms with Gasteiger partial charge in [-0.2, -0.15) is 0 Å². The Hall–Kier alpha value is -0.740. The standard InChI is InChI=1S/C13H28N3O7P/c1-2-23-24(14,19)16-5-3-15(4-6-16)13(18)22-12-11-21-10-9-20-8-7-17/h17H,2-12H2,1H3,(H2,14,19). The molecule has 1 aliphatic rings. The Kier molecular flexibility index (Phi) is 10.4. The number of amides is 1. The van der Waals surface area contributed by atoms with Crippen LogP contribution in [0.1, 0.15) is 6.92 Å². The molecule has 0 aromatic heterocycles.